The van der Waals surface area contributed by atoms with Gasteiger partial charge in [0.25, 0.3) is 0 Å². The van der Waals surface area contributed by atoms with Crippen LogP contribution in [0.25, 0.3) is 0 Å². The van der Waals surface area contributed by atoms with Gasteiger partial charge in [0.15, 0.2) is 12.4 Å². The number of amides is 2. The molecule has 1 aliphatic carbocycles. The molecular weight excluding hydrogens is 530 g/mol. The number of ether oxygens (including phenoxy) is 2. The molecule has 4 atom stereocenters. The second-order valence-electron chi connectivity index (χ2n) is 8.83. The number of hydrogen-bond acceptors (Lipinski definition) is 7. The Morgan fingerprint density at radius 3 is 2.28 bits per heavy atom. The molecule has 0 bridgehead atoms. The first-order valence-corrected chi connectivity index (χ1v) is 12.3. The van der Waals surface area contributed by atoms with Gasteiger partial charge in [-0.15, -0.1) is 0 Å². The number of rotatable bonds is 7. The summed E-state index contributed by atoms with van der Waals surface area (Å²) in [6.45, 7) is 2.74. The highest BCUT2D eigenvalue weighted by Gasteiger charge is 2.52. The molecule has 4 unspecified atom stereocenters. The minimum atomic E-state index is -1.13. The van der Waals surface area contributed by atoms with Crippen molar-refractivity contribution in [2.75, 3.05) is 6.61 Å². The van der Waals surface area contributed by atoms with Gasteiger partial charge in [-0.3, -0.25) is 19.3 Å². The molecule has 0 aromatic heterocycles. The van der Waals surface area contributed by atoms with Crippen molar-refractivity contribution in [3.05, 3.63) is 76.3 Å². The maximum atomic E-state index is 12.8. The van der Waals surface area contributed by atoms with Crippen molar-refractivity contribution in [3.8, 4) is 5.75 Å². The van der Waals surface area contributed by atoms with E-state index in [0.717, 1.165) is 9.37 Å². The summed E-state index contributed by atoms with van der Waals surface area (Å²) in [7, 11) is 0. The SMILES string of the molecule is CC1C=CCC2C(=O)N(C(C)C(=O)OCC(=O)c3ccc(OC(=O)c4ccc(Br)cc4)cc3)C(=O)C12. The Balaban J connectivity index is 1.31. The van der Waals surface area contributed by atoms with E-state index in [1.54, 1.807) is 24.3 Å². The van der Waals surface area contributed by atoms with E-state index in [1.807, 2.05) is 19.1 Å². The zero-order chi connectivity index (χ0) is 26.0. The summed E-state index contributed by atoms with van der Waals surface area (Å²) in [6, 6.07) is 11.4. The van der Waals surface area contributed by atoms with Crippen LogP contribution < -0.4 is 4.74 Å². The van der Waals surface area contributed by atoms with Crippen LogP contribution in [-0.2, 0) is 19.1 Å². The van der Waals surface area contributed by atoms with Crippen molar-refractivity contribution in [2.24, 2.45) is 17.8 Å². The molecule has 8 nitrogen and oxygen atoms in total. The first-order valence-electron chi connectivity index (χ1n) is 11.5. The number of fused-ring (bicyclic) bond motifs is 1. The van der Waals surface area contributed by atoms with Gasteiger partial charge in [0, 0.05) is 10.0 Å². The number of halogens is 1. The maximum absolute atomic E-state index is 12.8. The molecule has 2 aromatic rings. The molecule has 1 aliphatic heterocycles. The number of Topliss-reactive ketones (excluding diaryl/α,β-unsaturated/α-hetero) is 1. The van der Waals surface area contributed by atoms with Crippen LogP contribution in [0.4, 0.5) is 0 Å². The molecule has 0 N–H and O–H groups in total. The molecule has 2 amide bonds. The zero-order valence-electron chi connectivity index (χ0n) is 19.7. The van der Waals surface area contributed by atoms with Crippen molar-refractivity contribution in [1.29, 1.82) is 0 Å². The number of hydrogen-bond donors (Lipinski definition) is 0. The van der Waals surface area contributed by atoms with Gasteiger partial charge in [0.2, 0.25) is 11.8 Å². The predicted octanol–water partition coefficient (Wildman–Crippen LogP) is 3.98. The number of likely N-dealkylation sites (tertiary alicyclic amines) is 1. The van der Waals surface area contributed by atoms with Gasteiger partial charge < -0.3 is 9.47 Å². The third-order valence-corrected chi connectivity index (χ3v) is 6.98. The number of carbonyl (C=O) groups is 5. The van der Waals surface area contributed by atoms with Crippen LogP contribution in [0.3, 0.4) is 0 Å². The van der Waals surface area contributed by atoms with Gasteiger partial charge in [0.1, 0.15) is 11.8 Å². The van der Waals surface area contributed by atoms with Gasteiger partial charge in [0.05, 0.1) is 17.4 Å². The molecule has 0 spiro atoms. The fourth-order valence-corrected chi connectivity index (χ4v) is 4.72. The number of benzene rings is 2. The highest BCUT2D eigenvalue weighted by atomic mass is 79.9. The van der Waals surface area contributed by atoms with E-state index >= 15 is 0 Å². The molecular formula is C27H24BrNO7. The van der Waals surface area contributed by atoms with E-state index in [-0.39, 0.29) is 29.0 Å². The van der Waals surface area contributed by atoms with E-state index in [1.165, 1.54) is 31.2 Å². The van der Waals surface area contributed by atoms with E-state index < -0.39 is 42.2 Å². The summed E-state index contributed by atoms with van der Waals surface area (Å²) in [4.78, 5) is 63.9. The van der Waals surface area contributed by atoms with Crippen molar-refractivity contribution < 1.29 is 33.4 Å². The lowest BCUT2D eigenvalue weighted by Gasteiger charge is -2.23. The Morgan fingerprint density at radius 2 is 1.64 bits per heavy atom. The van der Waals surface area contributed by atoms with Crippen LogP contribution >= 0.6 is 15.9 Å². The minimum absolute atomic E-state index is 0.0906. The first-order chi connectivity index (χ1) is 17.2. The highest BCUT2D eigenvalue weighted by Crippen LogP contribution is 2.39. The third kappa shape index (κ3) is 5.16. The quantitative estimate of drug-likeness (QED) is 0.168. The Bertz CT molecular complexity index is 1240. The summed E-state index contributed by atoms with van der Waals surface area (Å²) in [5.74, 6) is -3.40. The second kappa shape index (κ2) is 10.6. The highest BCUT2D eigenvalue weighted by molar-refractivity contribution is 9.10. The molecule has 186 valence electrons. The molecule has 1 fully saturated rings. The predicted molar refractivity (Wildman–Crippen MR) is 132 cm³/mol. The molecule has 2 aliphatic rings. The first kappa shape index (κ1) is 25.5. The molecule has 4 rings (SSSR count). The average Bonchev–Trinajstić information content (AvgIpc) is 3.13. The van der Waals surface area contributed by atoms with Crippen LogP contribution in [0, 0.1) is 17.8 Å². The molecule has 1 heterocycles. The number of esters is 2. The summed E-state index contributed by atoms with van der Waals surface area (Å²) in [5.41, 5.74) is 0.623. The van der Waals surface area contributed by atoms with Gasteiger partial charge >= 0.3 is 11.9 Å². The summed E-state index contributed by atoms with van der Waals surface area (Å²) in [5, 5.41) is 0. The number of nitrogens with zero attached hydrogens (tertiary/aromatic N) is 1. The normalized spacial score (nSPS) is 21.6. The Labute approximate surface area is 216 Å². The van der Waals surface area contributed by atoms with Crippen molar-refractivity contribution >= 4 is 45.5 Å². The topological polar surface area (TPSA) is 107 Å². The summed E-state index contributed by atoms with van der Waals surface area (Å²) < 4.78 is 11.3. The number of imide groups is 1. The minimum Gasteiger partial charge on any atom is -0.456 e. The summed E-state index contributed by atoms with van der Waals surface area (Å²) >= 11 is 3.30. The van der Waals surface area contributed by atoms with Crippen LogP contribution in [0.1, 0.15) is 41.0 Å². The van der Waals surface area contributed by atoms with E-state index in [0.29, 0.717) is 12.0 Å². The van der Waals surface area contributed by atoms with Gasteiger partial charge in [-0.2, -0.15) is 0 Å². The van der Waals surface area contributed by atoms with Crippen molar-refractivity contribution in [2.45, 2.75) is 26.3 Å². The van der Waals surface area contributed by atoms with Crippen LogP contribution in [0.2, 0.25) is 0 Å². The summed E-state index contributed by atoms with van der Waals surface area (Å²) in [6.07, 6.45) is 4.25. The lowest BCUT2D eigenvalue weighted by Crippen LogP contribution is -2.45. The Hall–Kier alpha value is -3.59. The van der Waals surface area contributed by atoms with E-state index in [9.17, 15) is 24.0 Å². The smallest absolute Gasteiger partial charge is 0.343 e. The van der Waals surface area contributed by atoms with Crippen LogP contribution in [0.5, 0.6) is 5.75 Å². The van der Waals surface area contributed by atoms with Crippen LogP contribution in [-0.4, -0.2) is 47.1 Å². The Morgan fingerprint density at radius 1 is 1.00 bits per heavy atom. The van der Waals surface area contributed by atoms with E-state index in [4.69, 9.17) is 9.47 Å². The van der Waals surface area contributed by atoms with Gasteiger partial charge in [-0.25, -0.2) is 9.59 Å². The van der Waals surface area contributed by atoms with Gasteiger partial charge in [-0.05, 0) is 67.8 Å². The largest absolute Gasteiger partial charge is 0.456 e. The molecule has 9 heteroatoms. The fraction of sp³-hybridized carbons (Fsp3) is 0.296. The Kier molecular flexibility index (Phi) is 7.49. The number of carbonyl (C=O) groups excluding carboxylic acids is 5. The standard InChI is InChI=1S/C27H24BrNO7/c1-15-4-3-5-21-23(15)25(32)29(24(21)31)16(2)26(33)35-14-22(30)17-8-12-20(13-9-17)36-27(34)18-6-10-19(28)11-7-18/h3-4,6-13,15-16,21,23H,5,14H2,1-2H3. The van der Waals surface area contributed by atoms with Gasteiger partial charge in [-0.1, -0.05) is 35.0 Å². The molecule has 0 radical (unpaired) electrons. The molecule has 36 heavy (non-hydrogen) atoms. The molecule has 1 saturated heterocycles. The monoisotopic (exact) mass is 553 g/mol. The van der Waals surface area contributed by atoms with E-state index in [2.05, 4.69) is 15.9 Å². The maximum Gasteiger partial charge on any atom is 0.343 e. The van der Waals surface area contributed by atoms with Crippen molar-refractivity contribution in [3.63, 3.8) is 0 Å². The molecule has 0 saturated carbocycles. The molecule has 2 aromatic carbocycles. The average molecular weight is 554 g/mol. The lowest BCUT2D eigenvalue weighted by molar-refractivity contribution is -0.157. The number of ketones is 1. The second-order valence-corrected chi connectivity index (χ2v) is 9.75. The third-order valence-electron chi connectivity index (χ3n) is 6.45. The number of allylic oxidation sites excluding steroid dienone is 2. The van der Waals surface area contributed by atoms with Crippen molar-refractivity contribution in [1.82, 2.24) is 4.90 Å². The lowest BCUT2D eigenvalue weighted by atomic mass is 9.78. The zero-order valence-corrected chi connectivity index (χ0v) is 21.3. The fourth-order valence-electron chi connectivity index (χ4n) is 4.46. The van der Waals surface area contributed by atoms with Crippen LogP contribution in [0.15, 0.2) is 65.2 Å².